The molecule has 0 spiro atoms. The predicted octanol–water partition coefficient (Wildman–Crippen LogP) is 1.98. The standard InChI is InChI=1S/C12H18BrN3O4S/c1-9(6-7-15(2)3)14-21(19,20)12-8-10(13)4-5-11(12)16(17)18/h4-5,8-9,14H,6-7H2,1-3H3. The first-order chi connectivity index (χ1) is 9.63. The van der Waals surface area contributed by atoms with Crippen molar-refractivity contribution in [2.75, 3.05) is 20.6 Å². The van der Waals surface area contributed by atoms with E-state index < -0.39 is 20.6 Å². The van der Waals surface area contributed by atoms with E-state index in [0.29, 0.717) is 17.4 Å². The van der Waals surface area contributed by atoms with E-state index in [9.17, 15) is 18.5 Å². The van der Waals surface area contributed by atoms with Gasteiger partial charge in [0.1, 0.15) is 0 Å². The van der Waals surface area contributed by atoms with Gasteiger partial charge in [0.15, 0.2) is 4.90 Å². The molecule has 0 aliphatic rings. The molecule has 0 saturated carbocycles. The fraction of sp³-hybridized carbons (Fsp3) is 0.500. The highest BCUT2D eigenvalue weighted by atomic mass is 79.9. The molecular weight excluding hydrogens is 362 g/mol. The summed E-state index contributed by atoms with van der Waals surface area (Å²) in [6.45, 7) is 2.44. The zero-order valence-corrected chi connectivity index (χ0v) is 14.4. The molecule has 0 aliphatic heterocycles. The average molecular weight is 380 g/mol. The number of benzene rings is 1. The SMILES string of the molecule is CC(CCN(C)C)NS(=O)(=O)c1cc(Br)ccc1[N+](=O)[O-]. The monoisotopic (exact) mass is 379 g/mol. The van der Waals surface area contributed by atoms with Gasteiger partial charge in [-0.05, 0) is 46.1 Å². The van der Waals surface area contributed by atoms with Gasteiger partial charge in [0.2, 0.25) is 10.0 Å². The van der Waals surface area contributed by atoms with E-state index in [1.54, 1.807) is 6.92 Å². The summed E-state index contributed by atoms with van der Waals surface area (Å²) in [5.41, 5.74) is -0.439. The Bertz CT molecular complexity index is 619. The summed E-state index contributed by atoms with van der Waals surface area (Å²) in [6.07, 6.45) is 0.605. The first-order valence-electron chi connectivity index (χ1n) is 6.24. The molecule has 1 atom stereocenters. The van der Waals surface area contributed by atoms with Crippen molar-refractivity contribution in [1.82, 2.24) is 9.62 Å². The lowest BCUT2D eigenvalue weighted by Crippen LogP contribution is -2.35. The van der Waals surface area contributed by atoms with Crippen molar-refractivity contribution in [3.05, 3.63) is 32.8 Å². The molecule has 1 aromatic rings. The van der Waals surface area contributed by atoms with Crippen LogP contribution in [0.1, 0.15) is 13.3 Å². The largest absolute Gasteiger partial charge is 0.309 e. The van der Waals surface area contributed by atoms with Crippen molar-refractivity contribution in [3.63, 3.8) is 0 Å². The van der Waals surface area contributed by atoms with Crippen molar-refractivity contribution >= 4 is 31.6 Å². The summed E-state index contributed by atoms with van der Waals surface area (Å²) in [4.78, 5) is 11.9. The third-order valence-electron chi connectivity index (χ3n) is 2.77. The topological polar surface area (TPSA) is 92.6 Å². The Balaban J connectivity index is 3.02. The first kappa shape index (κ1) is 18.0. The number of nitrogens with one attached hydrogen (secondary N) is 1. The van der Waals surface area contributed by atoms with Crippen LogP contribution in [0.2, 0.25) is 0 Å². The Morgan fingerprint density at radius 3 is 2.57 bits per heavy atom. The summed E-state index contributed by atoms with van der Waals surface area (Å²) < 4.78 is 27.6. The molecule has 1 rings (SSSR count). The molecule has 0 saturated heterocycles. The van der Waals surface area contributed by atoms with E-state index in [0.717, 1.165) is 0 Å². The molecule has 1 aromatic carbocycles. The van der Waals surface area contributed by atoms with E-state index in [-0.39, 0.29) is 10.9 Å². The van der Waals surface area contributed by atoms with Crippen molar-refractivity contribution < 1.29 is 13.3 Å². The van der Waals surface area contributed by atoms with E-state index in [1.165, 1.54) is 18.2 Å². The molecule has 9 heteroatoms. The molecule has 1 N–H and O–H groups in total. The molecule has 0 fully saturated rings. The minimum Gasteiger partial charge on any atom is -0.309 e. The van der Waals surface area contributed by atoms with Gasteiger partial charge in [0.25, 0.3) is 5.69 Å². The summed E-state index contributed by atoms with van der Waals surface area (Å²) in [7, 11) is -0.167. The number of nitrogens with zero attached hydrogens (tertiary/aromatic N) is 2. The molecule has 0 bridgehead atoms. The minimum absolute atomic E-state index is 0.323. The third kappa shape index (κ3) is 5.34. The van der Waals surface area contributed by atoms with Crippen LogP contribution in [0.15, 0.2) is 27.6 Å². The smallest absolute Gasteiger partial charge is 0.289 e. The zero-order valence-electron chi connectivity index (χ0n) is 12.0. The van der Waals surface area contributed by atoms with E-state index in [1.807, 2.05) is 19.0 Å². The Morgan fingerprint density at radius 1 is 1.43 bits per heavy atom. The highest BCUT2D eigenvalue weighted by molar-refractivity contribution is 9.10. The van der Waals surface area contributed by atoms with Crippen LogP contribution in [0, 0.1) is 10.1 Å². The fourth-order valence-corrected chi connectivity index (χ4v) is 3.68. The van der Waals surface area contributed by atoms with Gasteiger partial charge in [-0.3, -0.25) is 10.1 Å². The summed E-state index contributed by atoms with van der Waals surface area (Å²) >= 11 is 3.13. The molecule has 7 nitrogen and oxygen atoms in total. The number of nitro groups is 1. The minimum atomic E-state index is -3.95. The number of hydrogen-bond acceptors (Lipinski definition) is 5. The van der Waals surface area contributed by atoms with Gasteiger partial charge in [-0.2, -0.15) is 0 Å². The molecule has 118 valence electrons. The second-order valence-electron chi connectivity index (χ2n) is 4.98. The summed E-state index contributed by atoms with van der Waals surface area (Å²) in [5, 5.41) is 11.0. The number of nitro benzene ring substituents is 1. The van der Waals surface area contributed by atoms with Crippen molar-refractivity contribution in [2.45, 2.75) is 24.3 Å². The van der Waals surface area contributed by atoms with Crippen LogP contribution >= 0.6 is 15.9 Å². The van der Waals surface area contributed by atoms with E-state index >= 15 is 0 Å². The maximum absolute atomic E-state index is 12.3. The number of hydrogen-bond donors (Lipinski definition) is 1. The van der Waals surface area contributed by atoms with Gasteiger partial charge in [-0.1, -0.05) is 15.9 Å². The number of halogens is 1. The molecule has 21 heavy (non-hydrogen) atoms. The predicted molar refractivity (Wildman–Crippen MR) is 83.8 cm³/mol. The highest BCUT2D eigenvalue weighted by Gasteiger charge is 2.27. The lowest BCUT2D eigenvalue weighted by Gasteiger charge is -2.17. The third-order valence-corrected chi connectivity index (χ3v) is 4.89. The van der Waals surface area contributed by atoms with Crippen LogP contribution in [-0.4, -0.2) is 44.9 Å². The first-order valence-corrected chi connectivity index (χ1v) is 8.52. The van der Waals surface area contributed by atoms with Crippen molar-refractivity contribution in [1.29, 1.82) is 0 Å². The van der Waals surface area contributed by atoms with Crippen LogP contribution in [-0.2, 0) is 10.0 Å². The van der Waals surface area contributed by atoms with Crippen LogP contribution in [0.5, 0.6) is 0 Å². The lowest BCUT2D eigenvalue weighted by atomic mass is 10.2. The maximum Gasteiger partial charge on any atom is 0.289 e. The quantitative estimate of drug-likeness (QED) is 0.577. The normalized spacial score (nSPS) is 13.4. The number of rotatable bonds is 7. The van der Waals surface area contributed by atoms with Crippen LogP contribution in [0.4, 0.5) is 5.69 Å². The van der Waals surface area contributed by atoms with Gasteiger partial charge in [0.05, 0.1) is 4.92 Å². The van der Waals surface area contributed by atoms with Crippen LogP contribution < -0.4 is 4.72 Å². The second kappa shape index (κ2) is 7.30. The molecule has 1 unspecified atom stereocenters. The second-order valence-corrected chi connectivity index (χ2v) is 7.58. The maximum atomic E-state index is 12.3. The highest BCUT2D eigenvalue weighted by Crippen LogP contribution is 2.27. The molecular formula is C12H18BrN3O4S. The van der Waals surface area contributed by atoms with Gasteiger partial charge in [0, 0.05) is 16.6 Å². The van der Waals surface area contributed by atoms with Gasteiger partial charge in [-0.15, -0.1) is 0 Å². The molecule has 0 amide bonds. The van der Waals surface area contributed by atoms with Gasteiger partial charge >= 0.3 is 0 Å². The van der Waals surface area contributed by atoms with Crippen molar-refractivity contribution in [2.24, 2.45) is 0 Å². The molecule has 0 aromatic heterocycles. The molecule has 0 radical (unpaired) electrons. The summed E-state index contributed by atoms with van der Waals surface area (Å²) in [6, 6.07) is 3.52. The summed E-state index contributed by atoms with van der Waals surface area (Å²) in [5.74, 6) is 0. The van der Waals surface area contributed by atoms with E-state index in [4.69, 9.17) is 0 Å². The Kier molecular flexibility index (Phi) is 6.26. The fourth-order valence-electron chi connectivity index (χ4n) is 1.69. The molecule has 0 heterocycles. The van der Waals surface area contributed by atoms with Gasteiger partial charge < -0.3 is 4.90 Å². The Hall–Kier alpha value is -1.03. The van der Waals surface area contributed by atoms with Crippen LogP contribution in [0.3, 0.4) is 0 Å². The van der Waals surface area contributed by atoms with Gasteiger partial charge in [-0.25, -0.2) is 13.1 Å². The zero-order chi connectivity index (χ0) is 16.2. The van der Waals surface area contributed by atoms with Crippen LogP contribution in [0.25, 0.3) is 0 Å². The Morgan fingerprint density at radius 2 is 2.05 bits per heavy atom. The average Bonchev–Trinajstić information content (AvgIpc) is 2.35. The number of sulfonamides is 1. The molecule has 0 aliphatic carbocycles. The van der Waals surface area contributed by atoms with E-state index in [2.05, 4.69) is 20.7 Å². The lowest BCUT2D eigenvalue weighted by molar-refractivity contribution is -0.387. The Labute approximate surface area is 132 Å². The van der Waals surface area contributed by atoms with Crippen molar-refractivity contribution in [3.8, 4) is 0 Å².